The van der Waals surface area contributed by atoms with Crippen molar-refractivity contribution in [2.45, 2.75) is 59.1 Å². The van der Waals surface area contributed by atoms with E-state index in [4.69, 9.17) is 9.73 Å². The van der Waals surface area contributed by atoms with Crippen molar-refractivity contribution in [3.63, 3.8) is 0 Å². The Morgan fingerprint density at radius 2 is 2.08 bits per heavy atom. The molecule has 2 fully saturated rings. The summed E-state index contributed by atoms with van der Waals surface area (Å²) in [6, 6.07) is 0.715. The maximum atomic E-state index is 5.92. The summed E-state index contributed by atoms with van der Waals surface area (Å²) in [6.45, 7) is 17.9. The van der Waals surface area contributed by atoms with Gasteiger partial charge in [-0.15, -0.1) is 0 Å². The molecule has 6 heteroatoms. The predicted octanol–water partition coefficient (Wildman–Crippen LogP) is 1.77. The molecular weight excluding hydrogens is 326 g/mol. The smallest absolute Gasteiger partial charge is 0.191 e. The molecule has 2 aliphatic heterocycles. The number of aliphatic imine (C=N–C) groups is 1. The van der Waals surface area contributed by atoms with Crippen LogP contribution in [0.1, 0.15) is 47.0 Å². The van der Waals surface area contributed by atoms with Gasteiger partial charge in [0.05, 0.1) is 19.3 Å². The molecule has 2 aliphatic rings. The zero-order chi connectivity index (χ0) is 18.8. The Balaban J connectivity index is 1.74. The van der Waals surface area contributed by atoms with Gasteiger partial charge in [0.2, 0.25) is 0 Å². The van der Waals surface area contributed by atoms with Crippen molar-refractivity contribution >= 4 is 5.96 Å². The number of guanidine groups is 1. The molecule has 2 saturated heterocycles. The minimum Gasteiger partial charge on any atom is -0.374 e. The fraction of sp³-hybridized carbons (Fsp3) is 0.950. The van der Waals surface area contributed by atoms with Gasteiger partial charge in [-0.3, -0.25) is 14.8 Å². The zero-order valence-corrected chi connectivity index (χ0v) is 17.5. The van der Waals surface area contributed by atoms with Gasteiger partial charge in [-0.25, -0.2) is 0 Å². The van der Waals surface area contributed by atoms with Crippen LogP contribution in [0.15, 0.2) is 4.99 Å². The Bertz CT molecular complexity index is 415. The van der Waals surface area contributed by atoms with Crippen LogP contribution in [0.25, 0.3) is 0 Å². The third kappa shape index (κ3) is 7.80. The molecule has 0 saturated carbocycles. The first-order chi connectivity index (χ1) is 12.6. The van der Waals surface area contributed by atoms with E-state index in [1.165, 1.54) is 25.8 Å². The molecule has 2 heterocycles. The molecule has 0 aromatic heterocycles. The lowest BCUT2D eigenvalue weighted by Gasteiger charge is -2.33. The maximum Gasteiger partial charge on any atom is 0.191 e. The monoisotopic (exact) mass is 367 g/mol. The standard InChI is InChI=1S/C20H41N5O/c1-5-21-20(22-9-11-25-10-7-6-8-18(25)4)23-14-19-16-24(12-13-26-19)15-17(2)3/h17-19H,5-16H2,1-4H3,(H2,21,22,23). The van der Waals surface area contributed by atoms with Crippen LogP contribution in [0.5, 0.6) is 0 Å². The quantitative estimate of drug-likeness (QED) is 0.506. The molecule has 2 N–H and O–H groups in total. The highest BCUT2D eigenvalue weighted by Crippen LogP contribution is 2.15. The predicted molar refractivity (Wildman–Crippen MR) is 110 cm³/mol. The van der Waals surface area contributed by atoms with Crippen molar-refractivity contribution in [3.8, 4) is 0 Å². The van der Waals surface area contributed by atoms with E-state index in [1.807, 2.05) is 0 Å². The van der Waals surface area contributed by atoms with E-state index in [-0.39, 0.29) is 6.10 Å². The molecule has 6 nitrogen and oxygen atoms in total. The van der Waals surface area contributed by atoms with Crippen LogP contribution in [-0.4, -0.2) is 86.9 Å². The minimum absolute atomic E-state index is 0.208. The second-order valence-electron chi connectivity index (χ2n) is 8.17. The molecule has 0 spiro atoms. The number of rotatable bonds is 8. The first-order valence-electron chi connectivity index (χ1n) is 10.7. The highest BCUT2D eigenvalue weighted by atomic mass is 16.5. The molecule has 2 rings (SSSR count). The molecule has 2 atom stereocenters. The normalized spacial score (nSPS) is 26.3. The largest absolute Gasteiger partial charge is 0.374 e. The van der Waals surface area contributed by atoms with E-state index in [0.29, 0.717) is 12.0 Å². The van der Waals surface area contributed by atoms with Gasteiger partial charge in [0, 0.05) is 45.3 Å². The van der Waals surface area contributed by atoms with Gasteiger partial charge in [-0.1, -0.05) is 20.3 Å². The van der Waals surface area contributed by atoms with Crippen LogP contribution in [0.2, 0.25) is 0 Å². The summed E-state index contributed by atoms with van der Waals surface area (Å²) in [4.78, 5) is 9.87. The van der Waals surface area contributed by atoms with Crippen molar-refractivity contribution in [2.24, 2.45) is 10.9 Å². The SMILES string of the molecule is CCNC(=NCC1CN(CC(C)C)CCO1)NCCN1CCCCC1C. The summed E-state index contributed by atoms with van der Waals surface area (Å²) < 4.78 is 5.92. The summed E-state index contributed by atoms with van der Waals surface area (Å²) in [5.74, 6) is 1.62. The van der Waals surface area contributed by atoms with Crippen molar-refractivity contribution in [3.05, 3.63) is 0 Å². The summed E-state index contributed by atoms with van der Waals surface area (Å²) in [6.07, 6.45) is 4.26. The molecule has 2 unspecified atom stereocenters. The van der Waals surface area contributed by atoms with Crippen LogP contribution < -0.4 is 10.6 Å². The van der Waals surface area contributed by atoms with Gasteiger partial charge in [-0.05, 0) is 39.2 Å². The Morgan fingerprint density at radius 1 is 1.23 bits per heavy atom. The molecule has 0 amide bonds. The Morgan fingerprint density at radius 3 is 2.81 bits per heavy atom. The lowest BCUT2D eigenvalue weighted by atomic mass is 10.0. The third-order valence-electron chi connectivity index (χ3n) is 5.28. The lowest BCUT2D eigenvalue weighted by Crippen LogP contribution is -2.47. The number of hydrogen-bond acceptors (Lipinski definition) is 4. The van der Waals surface area contributed by atoms with Gasteiger partial charge in [0.1, 0.15) is 0 Å². The van der Waals surface area contributed by atoms with E-state index in [1.54, 1.807) is 0 Å². The van der Waals surface area contributed by atoms with Crippen molar-refractivity contribution in [1.82, 2.24) is 20.4 Å². The van der Waals surface area contributed by atoms with E-state index in [9.17, 15) is 0 Å². The number of morpholine rings is 1. The van der Waals surface area contributed by atoms with Crippen LogP contribution in [0.3, 0.4) is 0 Å². The van der Waals surface area contributed by atoms with Gasteiger partial charge in [0.15, 0.2) is 5.96 Å². The number of likely N-dealkylation sites (tertiary alicyclic amines) is 1. The number of hydrogen-bond donors (Lipinski definition) is 2. The minimum atomic E-state index is 0.208. The Kier molecular flexibility index (Phi) is 9.72. The third-order valence-corrected chi connectivity index (χ3v) is 5.28. The van der Waals surface area contributed by atoms with E-state index < -0.39 is 0 Å². The molecule has 0 aromatic carbocycles. The highest BCUT2D eigenvalue weighted by molar-refractivity contribution is 5.79. The maximum absolute atomic E-state index is 5.92. The van der Waals surface area contributed by atoms with Crippen molar-refractivity contribution in [1.29, 1.82) is 0 Å². The molecule has 26 heavy (non-hydrogen) atoms. The topological polar surface area (TPSA) is 52.1 Å². The van der Waals surface area contributed by atoms with E-state index >= 15 is 0 Å². The summed E-state index contributed by atoms with van der Waals surface area (Å²) in [5, 5.41) is 6.87. The molecular formula is C20H41N5O. The second kappa shape index (κ2) is 11.8. The summed E-state index contributed by atoms with van der Waals surface area (Å²) in [5.41, 5.74) is 0. The van der Waals surface area contributed by atoms with Crippen LogP contribution in [-0.2, 0) is 4.74 Å². The Hall–Kier alpha value is -0.850. The molecule has 0 aromatic rings. The average molecular weight is 368 g/mol. The highest BCUT2D eigenvalue weighted by Gasteiger charge is 2.21. The van der Waals surface area contributed by atoms with Crippen molar-refractivity contribution < 1.29 is 4.74 Å². The number of nitrogens with zero attached hydrogens (tertiary/aromatic N) is 3. The van der Waals surface area contributed by atoms with Gasteiger partial charge >= 0.3 is 0 Å². The van der Waals surface area contributed by atoms with E-state index in [2.05, 4.69) is 48.1 Å². The average Bonchev–Trinajstić information content (AvgIpc) is 2.61. The molecule has 0 aliphatic carbocycles. The fourth-order valence-corrected chi connectivity index (χ4v) is 3.92. The molecule has 0 bridgehead atoms. The van der Waals surface area contributed by atoms with Gasteiger partial charge in [0.25, 0.3) is 0 Å². The Labute approximate surface area is 160 Å². The zero-order valence-electron chi connectivity index (χ0n) is 17.5. The number of nitrogens with one attached hydrogen (secondary N) is 2. The fourth-order valence-electron chi connectivity index (χ4n) is 3.92. The van der Waals surface area contributed by atoms with Gasteiger partial charge < -0.3 is 15.4 Å². The van der Waals surface area contributed by atoms with Crippen molar-refractivity contribution in [2.75, 3.05) is 59.0 Å². The molecule has 152 valence electrons. The number of ether oxygens (including phenoxy) is 1. The van der Waals surface area contributed by atoms with Gasteiger partial charge in [-0.2, -0.15) is 0 Å². The summed E-state index contributed by atoms with van der Waals surface area (Å²) in [7, 11) is 0. The van der Waals surface area contributed by atoms with Crippen LogP contribution in [0.4, 0.5) is 0 Å². The second-order valence-corrected chi connectivity index (χ2v) is 8.17. The lowest BCUT2D eigenvalue weighted by molar-refractivity contribution is -0.0261. The summed E-state index contributed by atoms with van der Waals surface area (Å²) >= 11 is 0. The van der Waals surface area contributed by atoms with Crippen LogP contribution in [0, 0.1) is 5.92 Å². The number of piperidine rings is 1. The first kappa shape index (κ1) is 21.5. The van der Waals surface area contributed by atoms with Crippen LogP contribution >= 0.6 is 0 Å². The van der Waals surface area contributed by atoms with E-state index in [0.717, 1.165) is 58.4 Å². The first-order valence-corrected chi connectivity index (χ1v) is 10.7. The molecule has 0 radical (unpaired) electrons.